The van der Waals surface area contributed by atoms with Gasteiger partial charge in [-0.2, -0.15) is 0 Å². The van der Waals surface area contributed by atoms with E-state index in [4.69, 9.17) is 21.3 Å². The highest BCUT2D eigenvalue weighted by atomic mass is 35.5. The van der Waals surface area contributed by atoms with Crippen LogP contribution in [0.1, 0.15) is 49.7 Å². The molecule has 30 heavy (non-hydrogen) atoms. The molecule has 1 aliphatic heterocycles. The van der Waals surface area contributed by atoms with Gasteiger partial charge in [0, 0.05) is 46.7 Å². The van der Waals surface area contributed by atoms with Crippen molar-refractivity contribution in [3.63, 3.8) is 0 Å². The van der Waals surface area contributed by atoms with Gasteiger partial charge in [-0.05, 0) is 55.5 Å². The van der Waals surface area contributed by atoms with Gasteiger partial charge in [0.2, 0.25) is 0 Å². The first-order valence-corrected chi connectivity index (χ1v) is 10.5. The number of ether oxygens (including phenoxy) is 1. The minimum absolute atomic E-state index is 0.0237. The number of esters is 1. The lowest BCUT2D eigenvalue weighted by atomic mass is 9.69. The zero-order valence-electron chi connectivity index (χ0n) is 17.0. The lowest BCUT2D eigenvalue weighted by Crippen LogP contribution is -2.38. The van der Waals surface area contributed by atoms with Crippen molar-refractivity contribution in [1.82, 2.24) is 4.98 Å². The Kier molecular flexibility index (Phi) is 5.82. The number of nitrogens with zero attached hydrogens (tertiary/aromatic N) is 2. The lowest BCUT2D eigenvalue weighted by molar-refractivity contribution is -0.146. The van der Waals surface area contributed by atoms with E-state index in [1.54, 1.807) is 19.3 Å². The fourth-order valence-corrected chi connectivity index (χ4v) is 4.61. The summed E-state index contributed by atoms with van der Waals surface area (Å²) in [7, 11) is 0. The second-order valence-corrected chi connectivity index (χ2v) is 8.12. The molecule has 154 valence electrons. The predicted octanol–water partition coefficient (Wildman–Crippen LogP) is 4.87. The zero-order valence-corrected chi connectivity index (χ0v) is 17.7. The molecule has 1 unspecified atom stereocenters. The van der Waals surface area contributed by atoms with Gasteiger partial charge in [0.05, 0.1) is 6.61 Å². The molecule has 0 bridgehead atoms. The number of allylic oxidation sites excluding steroid dienone is 2. The number of pyridine rings is 1. The third kappa shape index (κ3) is 3.82. The van der Waals surface area contributed by atoms with Gasteiger partial charge in [0.25, 0.3) is 0 Å². The molecular formula is C24H23ClN2O3. The molecule has 0 saturated heterocycles. The number of carbonyl (C=O) groups excluding carboxylic acids is 2. The van der Waals surface area contributed by atoms with E-state index in [-0.39, 0.29) is 24.3 Å². The molecule has 1 aromatic carbocycles. The second kappa shape index (κ2) is 8.52. The van der Waals surface area contributed by atoms with E-state index in [0.717, 1.165) is 16.8 Å². The Morgan fingerprint density at radius 3 is 2.60 bits per heavy atom. The Labute approximate surface area is 180 Å². The summed E-state index contributed by atoms with van der Waals surface area (Å²) in [4.78, 5) is 35.1. The molecule has 1 aromatic heterocycles. The van der Waals surface area contributed by atoms with E-state index in [1.165, 1.54) is 0 Å². The van der Waals surface area contributed by atoms with Crippen LogP contribution < -0.4 is 0 Å². The fraction of sp³-hybridized carbons (Fsp3) is 0.333. The van der Waals surface area contributed by atoms with E-state index in [0.29, 0.717) is 29.1 Å². The molecule has 2 aromatic rings. The number of rotatable bonds is 4. The minimum Gasteiger partial charge on any atom is -0.465 e. The molecule has 1 aliphatic carbocycles. The SMILES string of the molecule is CCOC(=O)C1C(C)=NC2=C(C(=O)C[C@H](c3ccc(Cl)cc3)C2)[C@@H]1c1cccnc1. The topological polar surface area (TPSA) is 68.6 Å². The van der Waals surface area contributed by atoms with Crippen molar-refractivity contribution in [2.24, 2.45) is 10.9 Å². The predicted molar refractivity (Wildman–Crippen MR) is 116 cm³/mol. The summed E-state index contributed by atoms with van der Waals surface area (Å²) < 4.78 is 5.33. The number of benzene rings is 1. The van der Waals surface area contributed by atoms with Crippen molar-refractivity contribution in [1.29, 1.82) is 0 Å². The first kappa shape index (κ1) is 20.5. The molecule has 0 saturated carbocycles. The van der Waals surface area contributed by atoms with E-state index >= 15 is 0 Å². The van der Waals surface area contributed by atoms with Crippen molar-refractivity contribution < 1.29 is 14.3 Å². The average molecular weight is 423 g/mol. The second-order valence-electron chi connectivity index (χ2n) is 7.69. The molecule has 6 heteroatoms. The average Bonchev–Trinajstić information content (AvgIpc) is 2.74. The van der Waals surface area contributed by atoms with Crippen molar-refractivity contribution >= 4 is 29.1 Å². The largest absolute Gasteiger partial charge is 0.465 e. The summed E-state index contributed by atoms with van der Waals surface area (Å²) in [5.74, 6) is -1.34. The normalized spacial score (nSPS) is 23.6. The highest BCUT2D eigenvalue weighted by molar-refractivity contribution is 6.30. The Bertz CT molecular complexity index is 1030. The zero-order chi connectivity index (χ0) is 21.3. The molecule has 5 nitrogen and oxygen atoms in total. The Morgan fingerprint density at radius 1 is 1.17 bits per heavy atom. The molecule has 0 fully saturated rings. The Morgan fingerprint density at radius 2 is 1.93 bits per heavy atom. The summed E-state index contributed by atoms with van der Waals surface area (Å²) in [6, 6.07) is 11.3. The number of aliphatic imine (C=N–C) groups is 1. The van der Waals surface area contributed by atoms with Crippen LogP contribution in [0.5, 0.6) is 0 Å². The summed E-state index contributed by atoms with van der Waals surface area (Å²) in [6.07, 6.45) is 4.42. The maximum absolute atomic E-state index is 13.4. The van der Waals surface area contributed by atoms with Crippen molar-refractivity contribution in [2.45, 2.75) is 38.5 Å². The van der Waals surface area contributed by atoms with Crippen LogP contribution in [0, 0.1) is 5.92 Å². The van der Waals surface area contributed by atoms with Crippen LogP contribution >= 0.6 is 11.6 Å². The summed E-state index contributed by atoms with van der Waals surface area (Å²) in [6.45, 7) is 3.89. The number of Topliss-reactive ketones (excluding diaryl/α,β-unsaturated/α-hetero) is 1. The highest BCUT2D eigenvalue weighted by Crippen LogP contribution is 2.46. The summed E-state index contributed by atoms with van der Waals surface area (Å²) in [5.41, 5.74) is 3.95. The maximum Gasteiger partial charge on any atom is 0.315 e. The Balaban J connectivity index is 1.78. The first-order valence-electron chi connectivity index (χ1n) is 10.1. The molecule has 0 amide bonds. The molecule has 0 N–H and O–H groups in total. The van der Waals surface area contributed by atoms with Gasteiger partial charge >= 0.3 is 5.97 Å². The lowest BCUT2D eigenvalue weighted by Gasteiger charge is -2.36. The van der Waals surface area contributed by atoms with Crippen LogP contribution in [-0.2, 0) is 14.3 Å². The number of halogens is 1. The molecule has 4 rings (SSSR count). The van der Waals surface area contributed by atoms with Crippen molar-refractivity contribution in [2.75, 3.05) is 6.61 Å². The van der Waals surface area contributed by atoms with Gasteiger partial charge in [-0.25, -0.2) is 0 Å². The third-order valence-electron chi connectivity index (χ3n) is 5.81. The summed E-state index contributed by atoms with van der Waals surface area (Å²) >= 11 is 6.02. The van der Waals surface area contributed by atoms with Gasteiger partial charge < -0.3 is 4.74 Å². The van der Waals surface area contributed by atoms with Crippen LogP contribution in [0.25, 0.3) is 0 Å². The third-order valence-corrected chi connectivity index (χ3v) is 6.07. The molecule has 2 heterocycles. The van der Waals surface area contributed by atoms with Crippen LogP contribution in [0.4, 0.5) is 0 Å². The molecule has 3 atom stereocenters. The minimum atomic E-state index is -0.621. The number of hydrogen-bond donors (Lipinski definition) is 0. The van der Waals surface area contributed by atoms with Crippen LogP contribution in [0.2, 0.25) is 5.02 Å². The van der Waals surface area contributed by atoms with Crippen LogP contribution in [-0.4, -0.2) is 29.1 Å². The maximum atomic E-state index is 13.4. The van der Waals surface area contributed by atoms with E-state index in [1.807, 2.05) is 43.3 Å². The van der Waals surface area contributed by atoms with E-state index < -0.39 is 11.8 Å². The Hall–Kier alpha value is -2.79. The first-order chi connectivity index (χ1) is 14.5. The van der Waals surface area contributed by atoms with Crippen molar-refractivity contribution in [3.8, 4) is 0 Å². The number of ketones is 1. The van der Waals surface area contributed by atoms with E-state index in [9.17, 15) is 9.59 Å². The van der Waals surface area contributed by atoms with Gasteiger partial charge in [-0.3, -0.25) is 19.6 Å². The van der Waals surface area contributed by atoms with Crippen molar-refractivity contribution in [3.05, 3.63) is 76.2 Å². The fourth-order valence-electron chi connectivity index (χ4n) is 4.49. The summed E-state index contributed by atoms with van der Waals surface area (Å²) in [5, 5.41) is 0.668. The molecular weight excluding hydrogens is 400 g/mol. The highest BCUT2D eigenvalue weighted by Gasteiger charge is 2.44. The monoisotopic (exact) mass is 422 g/mol. The molecule has 0 radical (unpaired) electrons. The van der Waals surface area contributed by atoms with Gasteiger partial charge in [0.15, 0.2) is 5.78 Å². The van der Waals surface area contributed by atoms with E-state index in [2.05, 4.69) is 4.98 Å². The quantitative estimate of drug-likeness (QED) is 0.659. The van der Waals surface area contributed by atoms with Gasteiger partial charge in [-0.15, -0.1) is 0 Å². The van der Waals surface area contributed by atoms with Crippen LogP contribution in [0.15, 0.2) is 65.1 Å². The molecule has 0 spiro atoms. The number of carbonyl (C=O) groups is 2. The van der Waals surface area contributed by atoms with Crippen LogP contribution in [0.3, 0.4) is 0 Å². The molecule has 2 aliphatic rings. The number of hydrogen-bond acceptors (Lipinski definition) is 5. The van der Waals surface area contributed by atoms with Gasteiger partial charge in [-0.1, -0.05) is 29.8 Å². The number of aromatic nitrogens is 1. The smallest absolute Gasteiger partial charge is 0.315 e. The van der Waals surface area contributed by atoms with Gasteiger partial charge in [0.1, 0.15) is 5.92 Å². The standard InChI is InChI=1S/C24H23ClN2O3/c1-3-30-24(29)21-14(2)27-19-11-17(15-6-8-18(25)9-7-15)12-20(28)23(19)22(21)16-5-4-10-26-13-16/h4-10,13,17,21-22H,3,11-12H2,1-2H3/t17-,21?,22-/m1/s1.